The normalized spacial score (nSPS) is 12.1. The van der Waals surface area contributed by atoms with Gasteiger partial charge in [0.15, 0.2) is 11.0 Å². The van der Waals surface area contributed by atoms with E-state index in [-0.39, 0.29) is 11.2 Å². The molecular weight excluding hydrogens is 396 g/mol. The summed E-state index contributed by atoms with van der Waals surface area (Å²) in [6.07, 6.45) is 0. The number of rotatable bonds is 7. The molecule has 1 unspecified atom stereocenters. The Balaban J connectivity index is 1.74. The van der Waals surface area contributed by atoms with Gasteiger partial charge in [0.1, 0.15) is 5.75 Å². The summed E-state index contributed by atoms with van der Waals surface area (Å²) in [5.74, 6) is 1.81. The largest absolute Gasteiger partial charge is 0.497 e. The Morgan fingerprint density at radius 3 is 2.43 bits per heavy atom. The minimum atomic E-state index is -0.323. The molecule has 2 aromatic carbocycles. The third-order valence-corrected chi connectivity index (χ3v) is 6.14. The lowest BCUT2D eigenvalue weighted by Crippen LogP contribution is -2.24. The van der Waals surface area contributed by atoms with Crippen LogP contribution < -0.4 is 10.1 Å². The van der Waals surface area contributed by atoms with Gasteiger partial charge in [0, 0.05) is 18.3 Å². The Hall–Kier alpha value is -2.80. The average Bonchev–Trinajstić information content (AvgIpc) is 3.09. The van der Waals surface area contributed by atoms with Crippen LogP contribution in [0.3, 0.4) is 0 Å². The quantitative estimate of drug-likeness (QED) is 0.538. The van der Waals surface area contributed by atoms with Gasteiger partial charge in [-0.3, -0.25) is 4.79 Å². The summed E-state index contributed by atoms with van der Waals surface area (Å²) in [4.78, 5) is 12.9. The fraction of sp³-hybridized carbons (Fsp3) is 0.348. The first-order valence-electron chi connectivity index (χ1n) is 9.92. The number of carbonyl (C=O) groups is 1. The predicted octanol–water partition coefficient (Wildman–Crippen LogP) is 5.04. The van der Waals surface area contributed by atoms with E-state index in [4.69, 9.17) is 4.74 Å². The zero-order chi connectivity index (χ0) is 21.8. The van der Waals surface area contributed by atoms with Gasteiger partial charge >= 0.3 is 0 Å². The van der Waals surface area contributed by atoms with E-state index in [0.29, 0.717) is 11.1 Å². The predicted molar refractivity (Wildman–Crippen MR) is 122 cm³/mol. The Kier molecular flexibility index (Phi) is 6.82. The van der Waals surface area contributed by atoms with Gasteiger partial charge in [-0.15, -0.1) is 10.2 Å². The van der Waals surface area contributed by atoms with Crippen molar-refractivity contribution < 1.29 is 9.53 Å². The minimum absolute atomic E-state index is 0.0507. The standard InChI is InChI=1S/C23H28N4O2S/c1-14(2)19-9-7-8-15(3)20(19)24-22(28)16(4)30-23-26-25-21(27(23)5)17-10-12-18(29-6)13-11-17/h7-14,16H,1-6H3,(H,24,28). The van der Waals surface area contributed by atoms with Crippen molar-refractivity contribution in [2.45, 2.75) is 44.0 Å². The van der Waals surface area contributed by atoms with E-state index in [9.17, 15) is 4.79 Å². The Bertz CT molecular complexity index is 1030. The van der Waals surface area contributed by atoms with Crippen LogP contribution in [0.15, 0.2) is 47.6 Å². The molecule has 0 saturated carbocycles. The lowest BCUT2D eigenvalue weighted by Gasteiger charge is -2.18. The molecule has 1 atom stereocenters. The van der Waals surface area contributed by atoms with E-state index in [0.717, 1.165) is 34.0 Å². The summed E-state index contributed by atoms with van der Waals surface area (Å²) < 4.78 is 7.11. The highest BCUT2D eigenvalue weighted by atomic mass is 32.2. The lowest BCUT2D eigenvalue weighted by atomic mass is 9.98. The number of amides is 1. The Labute approximate surface area is 182 Å². The molecule has 0 aliphatic heterocycles. The second kappa shape index (κ2) is 9.34. The van der Waals surface area contributed by atoms with Crippen LogP contribution in [0.5, 0.6) is 5.75 Å². The molecule has 1 heterocycles. The van der Waals surface area contributed by atoms with Crippen LogP contribution in [-0.2, 0) is 11.8 Å². The van der Waals surface area contributed by atoms with Crippen molar-refractivity contribution in [3.8, 4) is 17.1 Å². The highest BCUT2D eigenvalue weighted by Gasteiger charge is 2.21. The van der Waals surface area contributed by atoms with Gasteiger partial charge in [-0.1, -0.05) is 43.8 Å². The van der Waals surface area contributed by atoms with Crippen LogP contribution in [0.25, 0.3) is 11.4 Å². The van der Waals surface area contributed by atoms with Crippen LogP contribution in [0, 0.1) is 6.92 Å². The van der Waals surface area contributed by atoms with Crippen molar-refractivity contribution in [2.75, 3.05) is 12.4 Å². The zero-order valence-electron chi connectivity index (χ0n) is 18.3. The van der Waals surface area contributed by atoms with Crippen LogP contribution in [0.2, 0.25) is 0 Å². The average molecular weight is 425 g/mol. The molecule has 0 aliphatic rings. The molecule has 7 heteroatoms. The number of hydrogen-bond donors (Lipinski definition) is 1. The number of methoxy groups -OCH3 is 1. The number of nitrogens with one attached hydrogen (secondary N) is 1. The molecule has 3 rings (SSSR count). The summed E-state index contributed by atoms with van der Waals surface area (Å²) >= 11 is 1.39. The number of aryl methyl sites for hydroxylation is 1. The summed E-state index contributed by atoms with van der Waals surface area (Å²) in [7, 11) is 3.55. The van der Waals surface area contributed by atoms with Crippen molar-refractivity contribution in [3.63, 3.8) is 0 Å². The van der Waals surface area contributed by atoms with Crippen molar-refractivity contribution in [2.24, 2.45) is 7.05 Å². The topological polar surface area (TPSA) is 69.0 Å². The van der Waals surface area contributed by atoms with Crippen molar-refractivity contribution in [1.29, 1.82) is 0 Å². The number of hydrogen-bond acceptors (Lipinski definition) is 5. The van der Waals surface area contributed by atoms with Crippen LogP contribution >= 0.6 is 11.8 Å². The number of para-hydroxylation sites is 1. The first kappa shape index (κ1) is 21.9. The van der Waals surface area contributed by atoms with E-state index < -0.39 is 0 Å². The molecule has 3 aromatic rings. The molecule has 0 fully saturated rings. The SMILES string of the molecule is COc1ccc(-c2nnc(SC(C)C(=O)Nc3c(C)cccc3C(C)C)n2C)cc1. The van der Waals surface area contributed by atoms with Crippen molar-refractivity contribution in [3.05, 3.63) is 53.6 Å². The minimum Gasteiger partial charge on any atom is -0.497 e. The maximum atomic E-state index is 12.9. The zero-order valence-corrected chi connectivity index (χ0v) is 19.1. The summed E-state index contributed by atoms with van der Waals surface area (Å²) in [5, 5.41) is 12.1. The third kappa shape index (κ3) is 4.67. The van der Waals surface area contributed by atoms with Gasteiger partial charge in [-0.2, -0.15) is 0 Å². The van der Waals surface area contributed by atoms with Crippen molar-refractivity contribution >= 4 is 23.4 Å². The molecule has 1 aromatic heterocycles. The second-order valence-corrected chi connectivity index (χ2v) is 8.84. The molecule has 0 aliphatic carbocycles. The van der Waals surface area contributed by atoms with E-state index in [2.05, 4.69) is 35.4 Å². The number of nitrogens with zero attached hydrogens (tertiary/aromatic N) is 3. The monoisotopic (exact) mass is 424 g/mol. The highest BCUT2D eigenvalue weighted by Crippen LogP contribution is 2.30. The van der Waals surface area contributed by atoms with E-state index >= 15 is 0 Å². The number of aromatic nitrogens is 3. The fourth-order valence-corrected chi connectivity index (χ4v) is 4.00. The van der Waals surface area contributed by atoms with Crippen LogP contribution in [-0.4, -0.2) is 33.0 Å². The number of carbonyl (C=O) groups excluding carboxylic acids is 1. The molecule has 30 heavy (non-hydrogen) atoms. The molecule has 1 N–H and O–H groups in total. The number of anilines is 1. The van der Waals surface area contributed by atoms with Gasteiger partial charge in [0.25, 0.3) is 0 Å². The maximum Gasteiger partial charge on any atom is 0.237 e. The molecule has 0 radical (unpaired) electrons. The fourth-order valence-electron chi connectivity index (χ4n) is 3.19. The Morgan fingerprint density at radius 2 is 1.80 bits per heavy atom. The van der Waals surface area contributed by atoms with Gasteiger partial charge in [-0.05, 0) is 55.2 Å². The lowest BCUT2D eigenvalue weighted by molar-refractivity contribution is -0.115. The van der Waals surface area contributed by atoms with Gasteiger partial charge in [0.05, 0.1) is 12.4 Å². The molecule has 1 amide bonds. The van der Waals surface area contributed by atoms with E-state index in [1.54, 1.807) is 7.11 Å². The highest BCUT2D eigenvalue weighted by molar-refractivity contribution is 8.00. The third-order valence-electron chi connectivity index (χ3n) is 5.01. The smallest absolute Gasteiger partial charge is 0.237 e. The summed E-state index contributed by atoms with van der Waals surface area (Å²) in [6.45, 7) is 8.16. The molecule has 0 bridgehead atoms. The van der Waals surface area contributed by atoms with Gasteiger partial charge in [0.2, 0.25) is 5.91 Å². The van der Waals surface area contributed by atoms with Crippen molar-refractivity contribution in [1.82, 2.24) is 14.8 Å². The summed E-state index contributed by atoms with van der Waals surface area (Å²) in [6, 6.07) is 13.8. The number of benzene rings is 2. The van der Waals surface area contributed by atoms with Gasteiger partial charge in [-0.25, -0.2) is 0 Å². The molecule has 0 spiro atoms. The molecule has 6 nitrogen and oxygen atoms in total. The Morgan fingerprint density at radius 1 is 1.10 bits per heavy atom. The molecule has 0 saturated heterocycles. The first-order chi connectivity index (χ1) is 14.3. The van der Waals surface area contributed by atoms with E-state index in [1.165, 1.54) is 11.8 Å². The van der Waals surface area contributed by atoms with Crippen LogP contribution in [0.1, 0.15) is 37.8 Å². The number of ether oxygens (including phenoxy) is 1. The molecular formula is C23H28N4O2S. The van der Waals surface area contributed by atoms with E-state index in [1.807, 2.05) is 61.9 Å². The van der Waals surface area contributed by atoms with Gasteiger partial charge < -0.3 is 14.6 Å². The first-order valence-corrected chi connectivity index (χ1v) is 10.8. The summed E-state index contributed by atoms with van der Waals surface area (Å²) in [5.41, 5.74) is 4.05. The number of thioether (sulfide) groups is 1. The second-order valence-electron chi connectivity index (χ2n) is 7.54. The maximum absolute atomic E-state index is 12.9. The molecule has 158 valence electrons. The van der Waals surface area contributed by atoms with Crippen LogP contribution in [0.4, 0.5) is 5.69 Å².